The van der Waals surface area contributed by atoms with Crippen molar-refractivity contribution >= 4 is 44.3 Å². The number of carbonyl (C=O) groups is 2. The molecule has 0 unspecified atom stereocenters. The van der Waals surface area contributed by atoms with Gasteiger partial charge in [-0.15, -0.1) is 11.3 Å². The molecule has 0 saturated carbocycles. The van der Waals surface area contributed by atoms with Gasteiger partial charge < -0.3 is 5.11 Å². The van der Waals surface area contributed by atoms with Crippen LogP contribution in [-0.4, -0.2) is 22.0 Å². The average molecular weight is 355 g/mol. The molecular formula is C13H11BrN2O3S. The molecule has 2 N–H and O–H groups in total. The standard InChI is InChI=1S/C13H11BrN2O3S/c1-7-2-3-8(14)4-10(7)12(19)16-13-15-9(6-20-13)5-11(17)18/h2-4,6H,5H2,1H3,(H,17,18)(H,15,16,19). The second-order valence-electron chi connectivity index (χ2n) is 4.13. The van der Waals surface area contributed by atoms with Crippen LogP contribution in [0.3, 0.4) is 0 Å². The molecule has 0 saturated heterocycles. The first kappa shape index (κ1) is 14.7. The molecule has 1 heterocycles. The molecule has 0 atom stereocenters. The normalized spacial score (nSPS) is 10.3. The van der Waals surface area contributed by atoms with Gasteiger partial charge in [-0.05, 0) is 24.6 Å². The lowest BCUT2D eigenvalue weighted by atomic mass is 10.1. The number of aromatic nitrogens is 1. The van der Waals surface area contributed by atoms with Crippen molar-refractivity contribution in [1.29, 1.82) is 0 Å². The first-order valence-electron chi connectivity index (χ1n) is 5.69. The largest absolute Gasteiger partial charge is 0.481 e. The van der Waals surface area contributed by atoms with Gasteiger partial charge in [-0.1, -0.05) is 22.0 Å². The fraction of sp³-hybridized carbons (Fsp3) is 0.154. The predicted molar refractivity (Wildman–Crippen MR) is 80.3 cm³/mol. The molecule has 0 aliphatic rings. The van der Waals surface area contributed by atoms with Crippen LogP contribution in [0.4, 0.5) is 5.13 Å². The van der Waals surface area contributed by atoms with E-state index in [1.54, 1.807) is 11.4 Å². The van der Waals surface area contributed by atoms with Crippen LogP contribution in [0.1, 0.15) is 21.6 Å². The summed E-state index contributed by atoms with van der Waals surface area (Å²) in [5, 5.41) is 13.4. The van der Waals surface area contributed by atoms with E-state index < -0.39 is 5.97 Å². The van der Waals surface area contributed by atoms with Gasteiger partial charge in [0.1, 0.15) is 0 Å². The first-order valence-corrected chi connectivity index (χ1v) is 7.36. The van der Waals surface area contributed by atoms with Gasteiger partial charge in [0.15, 0.2) is 5.13 Å². The van der Waals surface area contributed by atoms with E-state index in [9.17, 15) is 9.59 Å². The summed E-state index contributed by atoms with van der Waals surface area (Å²) in [5.41, 5.74) is 1.84. The van der Waals surface area contributed by atoms with E-state index in [2.05, 4.69) is 26.2 Å². The highest BCUT2D eigenvalue weighted by Crippen LogP contribution is 2.20. The van der Waals surface area contributed by atoms with E-state index in [0.717, 1.165) is 10.0 Å². The third kappa shape index (κ3) is 3.64. The Morgan fingerprint density at radius 1 is 1.45 bits per heavy atom. The first-order chi connectivity index (χ1) is 9.45. The average Bonchev–Trinajstić information content (AvgIpc) is 2.78. The Bertz CT molecular complexity index is 669. The Kier molecular flexibility index (Phi) is 4.51. The van der Waals surface area contributed by atoms with Crippen molar-refractivity contribution in [2.24, 2.45) is 0 Å². The summed E-state index contributed by atoms with van der Waals surface area (Å²) >= 11 is 4.53. The lowest BCUT2D eigenvalue weighted by molar-refractivity contribution is -0.136. The Morgan fingerprint density at radius 2 is 2.20 bits per heavy atom. The highest BCUT2D eigenvalue weighted by Gasteiger charge is 2.12. The van der Waals surface area contributed by atoms with Gasteiger partial charge in [-0.25, -0.2) is 4.98 Å². The number of hydrogen-bond donors (Lipinski definition) is 2. The number of halogens is 1. The van der Waals surface area contributed by atoms with Crippen LogP contribution < -0.4 is 5.32 Å². The third-order valence-electron chi connectivity index (χ3n) is 2.55. The number of nitrogens with one attached hydrogen (secondary N) is 1. The fourth-order valence-electron chi connectivity index (χ4n) is 1.60. The Balaban J connectivity index is 2.13. The van der Waals surface area contributed by atoms with Crippen LogP contribution in [0.5, 0.6) is 0 Å². The molecule has 0 radical (unpaired) electrons. The summed E-state index contributed by atoms with van der Waals surface area (Å²) in [7, 11) is 0. The summed E-state index contributed by atoms with van der Waals surface area (Å²) in [6.07, 6.45) is -0.151. The third-order valence-corrected chi connectivity index (χ3v) is 3.85. The smallest absolute Gasteiger partial charge is 0.309 e. The van der Waals surface area contributed by atoms with E-state index in [1.807, 2.05) is 19.1 Å². The molecule has 0 aliphatic carbocycles. The number of benzene rings is 1. The predicted octanol–water partition coefficient (Wildman–Crippen LogP) is 3.09. The zero-order valence-corrected chi connectivity index (χ0v) is 12.9. The van der Waals surface area contributed by atoms with Crippen molar-refractivity contribution < 1.29 is 14.7 Å². The van der Waals surface area contributed by atoms with E-state index in [0.29, 0.717) is 16.4 Å². The number of aliphatic carboxylic acids is 1. The molecule has 1 amide bonds. The summed E-state index contributed by atoms with van der Waals surface area (Å²) in [5.74, 6) is -1.21. The SMILES string of the molecule is Cc1ccc(Br)cc1C(=O)Nc1nc(CC(=O)O)cs1. The molecule has 2 rings (SSSR count). The fourth-order valence-corrected chi connectivity index (χ4v) is 2.67. The zero-order chi connectivity index (χ0) is 14.7. The highest BCUT2D eigenvalue weighted by molar-refractivity contribution is 9.10. The van der Waals surface area contributed by atoms with Gasteiger partial charge in [0.05, 0.1) is 12.1 Å². The number of carboxylic acids is 1. The maximum absolute atomic E-state index is 12.1. The summed E-state index contributed by atoms with van der Waals surface area (Å²) < 4.78 is 0.818. The van der Waals surface area contributed by atoms with Crippen LogP contribution in [0, 0.1) is 6.92 Å². The van der Waals surface area contributed by atoms with Crippen LogP contribution in [-0.2, 0) is 11.2 Å². The number of thiazole rings is 1. The van der Waals surface area contributed by atoms with Crippen molar-refractivity contribution in [3.05, 3.63) is 44.9 Å². The number of rotatable bonds is 4. The quantitative estimate of drug-likeness (QED) is 0.883. The van der Waals surface area contributed by atoms with Crippen LogP contribution in [0.2, 0.25) is 0 Å². The number of hydrogen-bond acceptors (Lipinski definition) is 4. The van der Waals surface area contributed by atoms with Gasteiger partial charge in [0, 0.05) is 15.4 Å². The van der Waals surface area contributed by atoms with Crippen LogP contribution in [0.25, 0.3) is 0 Å². The second kappa shape index (κ2) is 6.15. The topological polar surface area (TPSA) is 79.3 Å². The van der Waals surface area contributed by atoms with Crippen molar-refractivity contribution in [1.82, 2.24) is 4.98 Å². The summed E-state index contributed by atoms with van der Waals surface area (Å²) in [4.78, 5) is 26.8. The van der Waals surface area contributed by atoms with E-state index in [-0.39, 0.29) is 12.3 Å². The molecular weight excluding hydrogens is 344 g/mol. The Hall–Kier alpha value is -1.73. The van der Waals surface area contributed by atoms with Gasteiger partial charge >= 0.3 is 5.97 Å². The molecule has 7 heteroatoms. The summed E-state index contributed by atoms with van der Waals surface area (Å²) in [6, 6.07) is 5.44. The molecule has 20 heavy (non-hydrogen) atoms. The van der Waals surface area contributed by atoms with Crippen molar-refractivity contribution in [2.45, 2.75) is 13.3 Å². The van der Waals surface area contributed by atoms with Crippen molar-refractivity contribution in [3.8, 4) is 0 Å². The minimum atomic E-state index is -0.948. The van der Waals surface area contributed by atoms with E-state index in [4.69, 9.17) is 5.11 Å². The molecule has 104 valence electrons. The Labute approximate surface area is 127 Å². The second-order valence-corrected chi connectivity index (χ2v) is 5.90. The lowest BCUT2D eigenvalue weighted by Crippen LogP contribution is -2.13. The van der Waals surface area contributed by atoms with E-state index in [1.165, 1.54) is 11.3 Å². The minimum Gasteiger partial charge on any atom is -0.481 e. The molecule has 0 aliphatic heterocycles. The van der Waals surface area contributed by atoms with Gasteiger partial charge in [-0.2, -0.15) is 0 Å². The Morgan fingerprint density at radius 3 is 2.90 bits per heavy atom. The number of carboxylic acid groups (broad SMARTS) is 1. The minimum absolute atomic E-state index is 0.151. The summed E-state index contributed by atoms with van der Waals surface area (Å²) in [6.45, 7) is 1.85. The number of aryl methyl sites for hydroxylation is 1. The lowest BCUT2D eigenvalue weighted by Gasteiger charge is -2.05. The number of nitrogens with zero attached hydrogens (tertiary/aromatic N) is 1. The highest BCUT2D eigenvalue weighted by atomic mass is 79.9. The van der Waals surface area contributed by atoms with Crippen molar-refractivity contribution in [3.63, 3.8) is 0 Å². The molecule has 0 bridgehead atoms. The van der Waals surface area contributed by atoms with Gasteiger partial charge in [-0.3, -0.25) is 14.9 Å². The number of carbonyl (C=O) groups excluding carboxylic acids is 1. The molecule has 1 aromatic carbocycles. The molecule has 0 fully saturated rings. The van der Waals surface area contributed by atoms with Gasteiger partial charge in [0.25, 0.3) is 5.91 Å². The van der Waals surface area contributed by atoms with Crippen LogP contribution in [0.15, 0.2) is 28.1 Å². The maximum Gasteiger partial charge on any atom is 0.309 e. The maximum atomic E-state index is 12.1. The monoisotopic (exact) mass is 354 g/mol. The molecule has 5 nitrogen and oxygen atoms in total. The van der Waals surface area contributed by atoms with Crippen molar-refractivity contribution in [2.75, 3.05) is 5.32 Å². The number of amides is 1. The van der Waals surface area contributed by atoms with Crippen LogP contribution >= 0.6 is 27.3 Å². The molecule has 2 aromatic rings. The zero-order valence-electron chi connectivity index (χ0n) is 10.5. The number of anilines is 1. The molecule has 0 spiro atoms. The molecule has 1 aromatic heterocycles. The van der Waals surface area contributed by atoms with Gasteiger partial charge in [0.2, 0.25) is 0 Å². The van der Waals surface area contributed by atoms with E-state index >= 15 is 0 Å².